The number of aliphatic hydroxyl groups is 1. The van der Waals surface area contributed by atoms with Gasteiger partial charge in [-0.25, -0.2) is 0 Å². The molecule has 1 aromatic carbocycles. The molecular formula is C21H34N2O. The Kier molecular flexibility index (Phi) is 6.31. The third-order valence-electron chi connectivity index (χ3n) is 5.88. The number of nitrogens with zero attached hydrogens (tertiary/aromatic N) is 2. The molecule has 1 aromatic rings. The van der Waals surface area contributed by atoms with Gasteiger partial charge in [-0.15, -0.1) is 0 Å². The molecular weight excluding hydrogens is 296 g/mol. The summed E-state index contributed by atoms with van der Waals surface area (Å²) < 4.78 is 0. The second-order valence-corrected chi connectivity index (χ2v) is 8.15. The van der Waals surface area contributed by atoms with Gasteiger partial charge in [-0.1, -0.05) is 44.5 Å². The molecule has 2 fully saturated rings. The molecule has 0 aromatic heterocycles. The van der Waals surface area contributed by atoms with Crippen molar-refractivity contribution in [2.24, 2.45) is 11.8 Å². The van der Waals surface area contributed by atoms with E-state index in [2.05, 4.69) is 47.9 Å². The lowest BCUT2D eigenvalue weighted by atomic mass is 9.95. The van der Waals surface area contributed by atoms with Gasteiger partial charge in [0, 0.05) is 32.8 Å². The minimum Gasteiger partial charge on any atom is -0.396 e. The molecule has 2 aliphatic heterocycles. The first-order chi connectivity index (χ1) is 11.7. The average Bonchev–Trinajstić information content (AvgIpc) is 2.97. The number of rotatable bonds is 6. The molecule has 24 heavy (non-hydrogen) atoms. The molecule has 0 bridgehead atoms. The van der Waals surface area contributed by atoms with Crippen molar-refractivity contribution in [3.05, 3.63) is 35.4 Å². The lowest BCUT2D eigenvalue weighted by molar-refractivity contribution is 0.149. The smallest absolute Gasteiger partial charge is 0.0475 e. The first-order valence-electron chi connectivity index (χ1n) is 9.80. The number of likely N-dealkylation sites (tertiary alicyclic amines) is 2. The maximum Gasteiger partial charge on any atom is 0.0475 e. The Bertz CT molecular complexity index is 493. The molecule has 3 nitrogen and oxygen atoms in total. The van der Waals surface area contributed by atoms with Crippen molar-refractivity contribution in [2.45, 2.75) is 45.6 Å². The summed E-state index contributed by atoms with van der Waals surface area (Å²) in [5, 5.41) is 9.80. The molecule has 0 unspecified atom stereocenters. The van der Waals surface area contributed by atoms with Crippen LogP contribution in [0.3, 0.4) is 0 Å². The molecule has 134 valence electrons. The van der Waals surface area contributed by atoms with Gasteiger partial charge in [-0.3, -0.25) is 4.90 Å². The maximum absolute atomic E-state index is 9.80. The maximum atomic E-state index is 9.80. The molecule has 2 aliphatic rings. The Hall–Kier alpha value is -0.900. The Labute approximate surface area is 147 Å². The highest BCUT2D eigenvalue weighted by atomic mass is 16.3. The number of piperidine rings is 1. The van der Waals surface area contributed by atoms with Gasteiger partial charge in [-0.2, -0.15) is 0 Å². The molecule has 3 rings (SSSR count). The van der Waals surface area contributed by atoms with E-state index in [4.69, 9.17) is 0 Å². The van der Waals surface area contributed by atoms with Crippen LogP contribution in [0.1, 0.15) is 50.2 Å². The zero-order chi connectivity index (χ0) is 16.9. The number of aliphatic hydroxyl groups excluding tert-OH is 1. The lowest BCUT2D eigenvalue weighted by Gasteiger charge is -2.30. The largest absolute Gasteiger partial charge is 0.396 e. The zero-order valence-corrected chi connectivity index (χ0v) is 15.5. The molecule has 0 aliphatic carbocycles. The van der Waals surface area contributed by atoms with Crippen LogP contribution in [0.5, 0.6) is 0 Å². The molecule has 0 saturated carbocycles. The van der Waals surface area contributed by atoms with Gasteiger partial charge < -0.3 is 10.0 Å². The standard InChI is InChI=1S/C21H34N2O/c1-17(2)19-8-6-18(7-9-19)12-23-14-20(21(15-23)16-24)13-22-10-4-3-5-11-22/h6-9,17,20-21,24H,3-5,10-16H2,1-2H3/t20-,21-/m1/s1. The van der Waals surface area contributed by atoms with Crippen molar-refractivity contribution >= 4 is 0 Å². The molecule has 2 saturated heterocycles. The van der Waals surface area contributed by atoms with Crippen molar-refractivity contribution in [2.75, 3.05) is 39.3 Å². The van der Waals surface area contributed by atoms with Crippen molar-refractivity contribution in [1.29, 1.82) is 0 Å². The molecule has 0 radical (unpaired) electrons. The number of hydrogen-bond acceptors (Lipinski definition) is 3. The first-order valence-corrected chi connectivity index (χ1v) is 9.80. The van der Waals surface area contributed by atoms with Crippen molar-refractivity contribution in [1.82, 2.24) is 9.80 Å². The van der Waals surface area contributed by atoms with E-state index >= 15 is 0 Å². The molecule has 0 amide bonds. The Morgan fingerprint density at radius 2 is 1.62 bits per heavy atom. The quantitative estimate of drug-likeness (QED) is 0.867. The summed E-state index contributed by atoms with van der Waals surface area (Å²) in [6.45, 7) is 11.7. The summed E-state index contributed by atoms with van der Waals surface area (Å²) in [5.74, 6) is 1.67. The summed E-state index contributed by atoms with van der Waals surface area (Å²) in [7, 11) is 0. The van der Waals surface area contributed by atoms with Gasteiger partial charge in [0.1, 0.15) is 0 Å². The molecule has 3 heteroatoms. The third kappa shape index (κ3) is 4.59. The number of hydrogen-bond donors (Lipinski definition) is 1. The SMILES string of the molecule is CC(C)c1ccc(CN2C[C@@H](CN3CCCCC3)[C@@H](CO)C2)cc1. The van der Waals surface area contributed by atoms with Crippen LogP contribution < -0.4 is 0 Å². The van der Waals surface area contributed by atoms with E-state index in [0.29, 0.717) is 24.4 Å². The first kappa shape index (κ1) is 17.9. The minimum absolute atomic E-state index is 0.335. The van der Waals surface area contributed by atoms with E-state index in [9.17, 15) is 5.11 Å². The predicted octanol–water partition coefficient (Wildman–Crippen LogP) is 3.34. The highest BCUT2D eigenvalue weighted by molar-refractivity contribution is 5.24. The van der Waals surface area contributed by atoms with Crippen LogP contribution in [-0.4, -0.2) is 54.2 Å². The highest BCUT2D eigenvalue weighted by Crippen LogP contribution is 2.27. The van der Waals surface area contributed by atoms with E-state index in [1.165, 1.54) is 50.0 Å². The predicted molar refractivity (Wildman–Crippen MR) is 100 cm³/mol. The summed E-state index contributed by atoms with van der Waals surface area (Å²) >= 11 is 0. The van der Waals surface area contributed by atoms with Gasteiger partial charge >= 0.3 is 0 Å². The van der Waals surface area contributed by atoms with Gasteiger partial charge in [0.25, 0.3) is 0 Å². The molecule has 2 atom stereocenters. The molecule has 2 heterocycles. The highest BCUT2D eigenvalue weighted by Gasteiger charge is 2.33. The fourth-order valence-corrected chi connectivity index (χ4v) is 4.32. The Morgan fingerprint density at radius 1 is 0.958 bits per heavy atom. The third-order valence-corrected chi connectivity index (χ3v) is 5.88. The topological polar surface area (TPSA) is 26.7 Å². The Balaban J connectivity index is 1.55. The summed E-state index contributed by atoms with van der Waals surface area (Å²) in [6, 6.07) is 9.10. The fourth-order valence-electron chi connectivity index (χ4n) is 4.32. The minimum atomic E-state index is 0.335. The van der Waals surface area contributed by atoms with Crippen molar-refractivity contribution < 1.29 is 5.11 Å². The second kappa shape index (κ2) is 8.46. The summed E-state index contributed by atoms with van der Waals surface area (Å²) in [4.78, 5) is 5.16. The van der Waals surface area contributed by atoms with Gasteiger partial charge in [-0.05, 0) is 54.8 Å². The van der Waals surface area contributed by atoms with Crippen molar-refractivity contribution in [3.63, 3.8) is 0 Å². The van der Waals surface area contributed by atoms with Crippen LogP contribution in [0.15, 0.2) is 24.3 Å². The average molecular weight is 331 g/mol. The van der Waals surface area contributed by atoms with Crippen LogP contribution in [0.25, 0.3) is 0 Å². The van der Waals surface area contributed by atoms with Gasteiger partial charge in [0.2, 0.25) is 0 Å². The van der Waals surface area contributed by atoms with Crippen LogP contribution in [0, 0.1) is 11.8 Å². The van der Waals surface area contributed by atoms with Crippen LogP contribution in [-0.2, 0) is 6.54 Å². The van der Waals surface area contributed by atoms with E-state index in [1.54, 1.807) is 0 Å². The summed E-state index contributed by atoms with van der Waals surface area (Å²) in [6.07, 6.45) is 4.09. The normalized spacial score (nSPS) is 26.3. The lowest BCUT2D eigenvalue weighted by Crippen LogP contribution is -2.37. The van der Waals surface area contributed by atoms with E-state index < -0.39 is 0 Å². The monoisotopic (exact) mass is 330 g/mol. The van der Waals surface area contributed by atoms with E-state index in [-0.39, 0.29) is 0 Å². The number of benzene rings is 1. The van der Waals surface area contributed by atoms with Crippen molar-refractivity contribution in [3.8, 4) is 0 Å². The van der Waals surface area contributed by atoms with Crippen LogP contribution in [0.4, 0.5) is 0 Å². The summed E-state index contributed by atoms with van der Waals surface area (Å²) in [5.41, 5.74) is 2.81. The molecule has 0 spiro atoms. The van der Waals surface area contributed by atoms with Crippen LogP contribution in [0.2, 0.25) is 0 Å². The van der Waals surface area contributed by atoms with Gasteiger partial charge in [0.05, 0.1) is 0 Å². The Morgan fingerprint density at radius 3 is 2.25 bits per heavy atom. The fraction of sp³-hybridized carbons (Fsp3) is 0.714. The van der Waals surface area contributed by atoms with Crippen LogP contribution >= 0.6 is 0 Å². The zero-order valence-electron chi connectivity index (χ0n) is 15.5. The second-order valence-electron chi connectivity index (χ2n) is 8.15. The van der Waals surface area contributed by atoms with E-state index in [0.717, 1.165) is 19.6 Å². The van der Waals surface area contributed by atoms with Gasteiger partial charge in [0.15, 0.2) is 0 Å². The molecule has 1 N–H and O–H groups in total. The van der Waals surface area contributed by atoms with E-state index in [1.807, 2.05) is 0 Å².